The van der Waals surface area contributed by atoms with Gasteiger partial charge in [-0.25, -0.2) is 4.98 Å². The first-order chi connectivity index (χ1) is 9.22. The Bertz CT molecular complexity index is 706. The average Bonchev–Trinajstić information content (AvgIpc) is 2.76. The Hall–Kier alpha value is -2.14. The Morgan fingerprint density at radius 1 is 1.37 bits per heavy atom. The molecule has 3 rings (SSSR count). The van der Waals surface area contributed by atoms with Crippen LogP contribution in [0.3, 0.4) is 0 Å². The van der Waals surface area contributed by atoms with Gasteiger partial charge in [-0.05, 0) is 30.7 Å². The highest BCUT2D eigenvalue weighted by Gasteiger charge is 2.06. The Labute approximate surface area is 115 Å². The summed E-state index contributed by atoms with van der Waals surface area (Å²) >= 11 is 1.66. The van der Waals surface area contributed by atoms with Gasteiger partial charge in [0, 0.05) is 18.9 Å². The average molecular weight is 270 g/mol. The van der Waals surface area contributed by atoms with Crippen LogP contribution in [0.25, 0.3) is 10.2 Å². The molecule has 0 unspecified atom stereocenters. The zero-order chi connectivity index (χ0) is 13.2. The molecule has 4 nitrogen and oxygen atoms in total. The van der Waals surface area contributed by atoms with E-state index in [1.54, 1.807) is 17.5 Å². The predicted octanol–water partition coefficient (Wildman–Crippen LogP) is 3.19. The van der Waals surface area contributed by atoms with Crippen LogP contribution in [-0.4, -0.2) is 9.97 Å². The first-order valence-corrected chi connectivity index (χ1v) is 6.83. The highest BCUT2D eigenvalue weighted by atomic mass is 32.1. The molecule has 0 aliphatic carbocycles. The number of rotatable bonds is 3. The fourth-order valence-electron chi connectivity index (χ4n) is 1.96. The highest BCUT2D eigenvalue weighted by molar-refractivity contribution is 7.18. The summed E-state index contributed by atoms with van der Waals surface area (Å²) in [5.74, 6) is 0. The van der Waals surface area contributed by atoms with Crippen LogP contribution in [0.1, 0.15) is 10.6 Å². The molecule has 3 aromatic rings. The summed E-state index contributed by atoms with van der Waals surface area (Å²) in [6, 6.07) is 7.94. The maximum atomic E-state index is 6.06. The maximum Gasteiger partial charge on any atom is 0.0907 e. The third-order valence-electron chi connectivity index (χ3n) is 2.87. The second-order valence-electron chi connectivity index (χ2n) is 4.35. The monoisotopic (exact) mass is 270 g/mol. The van der Waals surface area contributed by atoms with E-state index in [4.69, 9.17) is 5.73 Å². The van der Waals surface area contributed by atoms with Crippen LogP contribution < -0.4 is 11.1 Å². The predicted molar refractivity (Wildman–Crippen MR) is 80.3 cm³/mol. The minimum absolute atomic E-state index is 0.701. The first-order valence-electron chi connectivity index (χ1n) is 6.02. The molecule has 0 radical (unpaired) electrons. The van der Waals surface area contributed by atoms with Crippen molar-refractivity contribution in [2.45, 2.75) is 13.5 Å². The van der Waals surface area contributed by atoms with E-state index in [0.717, 1.165) is 32.2 Å². The molecule has 96 valence electrons. The number of fused-ring (bicyclic) bond motifs is 1. The Morgan fingerprint density at radius 3 is 3.05 bits per heavy atom. The minimum Gasteiger partial charge on any atom is -0.397 e. The Morgan fingerprint density at radius 2 is 2.26 bits per heavy atom. The van der Waals surface area contributed by atoms with E-state index < -0.39 is 0 Å². The number of pyridine rings is 1. The number of nitrogen functional groups attached to an aromatic ring is 1. The van der Waals surface area contributed by atoms with Gasteiger partial charge in [0.05, 0.1) is 26.6 Å². The number of nitrogens with two attached hydrogens (primary N) is 1. The van der Waals surface area contributed by atoms with Crippen LogP contribution in [0.15, 0.2) is 36.7 Å². The lowest BCUT2D eigenvalue weighted by Crippen LogP contribution is -2.02. The summed E-state index contributed by atoms with van der Waals surface area (Å²) in [5, 5.41) is 4.38. The van der Waals surface area contributed by atoms with Crippen molar-refractivity contribution < 1.29 is 0 Å². The third-order valence-corrected chi connectivity index (χ3v) is 3.81. The molecule has 0 bridgehead atoms. The van der Waals surface area contributed by atoms with Gasteiger partial charge in [-0.1, -0.05) is 6.07 Å². The van der Waals surface area contributed by atoms with Gasteiger partial charge in [-0.2, -0.15) is 0 Å². The van der Waals surface area contributed by atoms with Crippen molar-refractivity contribution in [2.24, 2.45) is 0 Å². The van der Waals surface area contributed by atoms with Gasteiger partial charge < -0.3 is 11.1 Å². The van der Waals surface area contributed by atoms with E-state index in [2.05, 4.69) is 15.3 Å². The highest BCUT2D eigenvalue weighted by Crippen LogP contribution is 2.29. The molecule has 0 spiro atoms. The number of thiazole rings is 1. The van der Waals surface area contributed by atoms with E-state index in [0.29, 0.717) is 6.54 Å². The number of anilines is 2. The largest absolute Gasteiger partial charge is 0.397 e. The number of nitrogens with zero attached hydrogens (tertiary/aromatic N) is 2. The van der Waals surface area contributed by atoms with Crippen LogP contribution in [0.2, 0.25) is 0 Å². The second-order valence-corrected chi connectivity index (χ2v) is 5.59. The smallest absolute Gasteiger partial charge is 0.0907 e. The maximum absolute atomic E-state index is 6.06. The molecule has 19 heavy (non-hydrogen) atoms. The van der Waals surface area contributed by atoms with Gasteiger partial charge in [-0.15, -0.1) is 11.3 Å². The zero-order valence-corrected chi connectivity index (χ0v) is 11.4. The molecular formula is C14H14N4S. The molecule has 0 fully saturated rings. The lowest BCUT2D eigenvalue weighted by atomic mass is 10.2. The molecular weight excluding hydrogens is 256 g/mol. The molecule has 0 saturated carbocycles. The van der Waals surface area contributed by atoms with E-state index >= 15 is 0 Å². The fourth-order valence-corrected chi connectivity index (χ4v) is 2.82. The molecule has 3 N–H and O–H groups in total. The number of aromatic nitrogens is 2. The van der Waals surface area contributed by atoms with Crippen molar-refractivity contribution in [2.75, 3.05) is 11.1 Å². The zero-order valence-electron chi connectivity index (χ0n) is 10.6. The van der Waals surface area contributed by atoms with E-state index in [1.807, 2.05) is 37.4 Å². The van der Waals surface area contributed by atoms with E-state index in [-0.39, 0.29) is 0 Å². The van der Waals surface area contributed by atoms with Crippen LogP contribution in [0.4, 0.5) is 11.4 Å². The van der Waals surface area contributed by atoms with Gasteiger partial charge in [0.15, 0.2) is 0 Å². The topological polar surface area (TPSA) is 63.8 Å². The molecule has 2 aromatic heterocycles. The quantitative estimate of drug-likeness (QED) is 0.717. The van der Waals surface area contributed by atoms with Crippen molar-refractivity contribution in [3.8, 4) is 0 Å². The minimum atomic E-state index is 0.701. The second kappa shape index (κ2) is 4.85. The van der Waals surface area contributed by atoms with Crippen molar-refractivity contribution in [1.82, 2.24) is 9.97 Å². The molecule has 0 atom stereocenters. The normalized spacial score (nSPS) is 10.8. The lowest BCUT2D eigenvalue weighted by molar-refractivity contribution is 1.11. The fraction of sp³-hybridized carbons (Fsp3) is 0.143. The van der Waals surface area contributed by atoms with Gasteiger partial charge in [0.1, 0.15) is 0 Å². The number of benzene rings is 1. The van der Waals surface area contributed by atoms with Gasteiger partial charge in [0.2, 0.25) is 0 Å². The summed E-state index contributed by atoms with van der Waals surface area (Å²) in [6.07, 6.45) is 3.61. The standard InChI is InChI=1S/C14H14N4S/c1-9-18-13-6-12(11(15)5-14(13)19-9)17-8-10-3-2-4-16-7-10/h2-7,17H,8,15H2,1H3. The van der Waals surface area contributed by atoms with Crippen LogP contribution >= 0.6 is 11.3 Å². The third kappa shape index (κ3) is 2.51. The van der Waals surface area contributed by atoms with Crippen LogP contribution in [0, 0.1) is 6.92 Å². The number of hydrogen-bond acceptors (Lipinski definition) is 5. The van der Waals surface area contributed by atoms with Gasteiger partial charge in [-0.3, -0.25) is 4.98 Å². The van der Waals surface area contributed by atoms with Crippen LogP contribution in [-0.2, 0) is 6.54 Å². The molecule has 2 heterocycles. The van der Waals surface area contributed by atoms with E-state index in [1.165, 1.54) is 0 Å². The summed E-state index contributed by atoms with van der Waals surface area (Å²) in [7, 11) is 0. The summed E-state index contributed by atoms with van der Waals surface area (Å²) in [4.78, 5) is 8.57. The number of aryl methyl sites for hydroxylation is 1. The molecule has 0 saturated heterocycles. The van der Waals surface area contributed by atoms with Gasteiger partial charge >= 0.3 is 0 Å². The number of nitrogens with one attached hydrogen (secondary N) is 1. The summed E-state index contributed by atoms with van der Waals surface area (Å²) < 4.78 is 1.13. The molecule has 0 aliphatic rings. The van der Waals surface area contributed by atoms with Crippen molar-refractivity contribution in [3.05, 3.63) is 47.2 Å². The van der Waals surface area contributed by atoms with Crippen molar-refractivity contribution in [3.63, 3.8) is 0 Å². The number of hydrogen-bond donors (Lipinski definition) is 2. The molecule has 5 heteroatoms. The van der Waals surface area contributed by atoms with E-state index in [9.17, 15) is 0 Å². The Kier molecular flexibility index (Phi) is 3.05. The molecule has 1 aromatic carbocycles. The lowest BCUT2D eigenvalue weighted by Gasteiger charge is -2.09. The molecule has 0 aliphatic heterocycles. The SMILES string of the molecule is Cc1nc2cc(NCc3cccnc3)c(N)cc2s1. The van der Waals surface area contributed by atoms with Crippen LogP contribution in [0.5, 0.6) is 0 Å². The summed E-state index contributed by atoms with van der Waals surface area (Å²) in [5.41, 5.74) is 9.84. The van der Waals surface area contributed by atoms with Crippen molar-refractivity contribution in [1.29, 1.82) is 0 Å². The van der Waals surface area contributed by atoms with Gasteiger partial charge in [0.25, 0.3) is 0 Å². The molecule has 0 amide bonds. The van der Waals surface area contributed by atoms with Crippen molar-refractivity contribution >= 4 is 32.9 Å². The summed E-state index contributed by atoms with van der Waals surface area (Å²) in [6.45, 7) is 2.70. The first kappa shape index (κ1) is 11.9. The Balaban J connectivity index is 1.86.